The number of halogens is 1. The number of benzene rings is 1. The van der Waals surface area contributed by atoms with Crippen LogP contribution in [0.1, 0.15) is 22.7 Å². The Morgan fingerprint density at radius 1 is 1.12 bits per heavy atom. The van der Waals surface area contributed by atoms with Crippen LogP contribution in [0.15, 0.2) is 52.3 Å². The highest BCUT2D eigenvalue weighted by Gasteiger charge is 2.18. The van der Waals surface area contributed by atoms with E-state index in [-0.39, 0.29) is 6.04 Å². The fourth-order valence-corrected chi connectivity index (χ4v) is 2.19. The summed E-state index contributed by atoms with van der Waals surface area (Å²) in [7, 11) is 0. The Labute approximate surface area is 108 Å². The fourth-order valence-electron chi connectivity index (χ4n) is 1.95. The first-order valence-corrected chi connectivity index (χ1v) is 6.13. The molecule has 3 nitrogen and oxygen atoms in total. The first-order chi connectivity index (χ1) is 8.34. The molecule has 0 aliphatic carbocycles. The second-order valence-corrected chi connectivity index (χ2v) is 4.68. The van der Waals surface area contributed by atoms with Crippen LogP contribution in [0, 0.1) is 0 Å². The number of rotatable bonds is 1. The quantitative estimate of drug-likeness (QED) is 0.819. The van der Waals surface area contributed by atoms with Crippen molar-refractivity contribution in [2.45, 2.75) is 6.04 Å². The molecule has 0 bridgehead atoms. The molecule has 2 aromatic rings. The highest BCUT2D eigenvalue weighted by atomic mass is 79.9. The molecule has 1 aromatic carbocycles. The number of pyridine rings is 1. The van der Waals surface area contributed by atoms with Gasteiger partial charge in [-0.1, -0.05) is 30.3 Å². The van der Waals surface area contributed by atoms with Crippen molar-refractivity contribution in [1.29, 1.82) is 0 Å². The van der Waals surface area contributed by atoms with E-state index in [1.165, 1.54) is 5.56 Å². The van der Waals surface area contributed by atoms with Crippen LogP contribution in [-0.4, -0.2) is 11.2 Å². The third kappa shape index (κ3) is 1.96. The molecule has 4 heteroatoms. The molecule has 1 atom stereocenters. The van der Waals surface area contributed by atoms with E-state index in [4.69, 9.17) is 0 Å². The maximum Gasteiger partial charge on any atom is 0.106 e. The van der Waals surface area contributed by atoms with Gasteiger partial charge in [0.15, 0.2) is 0 Å². The van der Waals surface area contributed by atoms with Crippen molar-refractivity contribution in [2.24, 2.45) is 5.10 Å². The number of hydrogen-bond acceptors (Lipinski definition) is 3. The van der Waals surface area contributed by atoms with Gasteiger partial charge in [-0.3, -0.25) is 5.43 Å². The van der Waals surface area contributed by atoms with Crippen LogP contribution >= 0.6 is 15.9 Å². The SMILES string of the molecule is Brc1ccc(C2NN=Cc3ccccc32)cn1. The van der Waals surface area contributed by atoms with Gasteiger partial charge in [0.05, 0.1) is 12.3 Å². The van der Waals surface area contributed by atoms with Gasteiger partial charge in [-0.15, -0.1) is 0 Å². The summed E-state index contributed by atoms with van der Waals surface area (Å²) in [6, 6.07) is 12.3. The molecular weight excluding hydrogens is 278 g/mol. The van der Waals surface area contributed by atoms with Crippen LogP contribution in [0.25, 0.3) is 0 Å². The van der Waals surface area contributed by atoms with Gasteiger partial charge in [0.1, 0.15) is 4.60 Å². The molecule has 1 aromatic heterocycles. The summed E-state index contributed by atoms with van der Waals surface area (Å²) in [6.07, 6.45) is 3.71. The molecule has 0 spiro atoms. The van der Waals surface area contributed by atoms with Gasteiger partial charge < -0.3 is 0 Å². The molecule has 1 aliphatic rings. The van der Waals surface area contributed by atoms with Crippen molar-refractivity contribution in [3.05, 3.63) is 63.9 Å². The summed E-state index contributed by atoms with van der Waals surface area (Å²) in [4.78, 5) is 4.25. The van der Waals surface area contributed by atoms with E-state index < -0.39 is 0 Å². The van der Waals surface area contributed by atoms with Crippen molar-refractivity contribution >= 4 is 22.1 Å². The van der Waals surface area contributed by atoms with Gasteiger partial charge in [-0.2, -0.15) is 5.10 Å². The largest absolute Gasteiger partial charge is 0.298 e. The topological polar surface area (TPSA) is 37.3 Å². The fraction of sp³-hybridized carbons (Fsp3) is 0.0769. The Balaban J connectivity index is 2.05. The van der Waals surface area contributed by atoms with Crippen molar-refractivity contribution in [3.8, 4) is 0 Å². The highest BCUT2D eigenvalue weighted by Crippen LogP contribution is 2.26. The Kier molecular flexibility index (Phi) is 2.65. The molecule has 17 heavy (non-hydrogen) atoms. The molecule has 84 valence electrons. The van der Waals surface area contributed by atoms with Gasteiger partial charge in [-0.25, -0.2) is 4.98 Å². The average molecular weight is 288 g/mol. The molecular formula is C13H10BrN3. The number of nitrogens with zero attached hydrogens (tertiary/aromatic N) is 2. The number of hydrazone groups is 1. The van der Waals surface area contributed by atoms with Crippen LogP contribution in [0.4, 0.5) is 0 Å². The average Bonchev–Trinajstić information content (AvgIpc) is 2.39. The molecule has 0 amide bonds. The Morgan fingerprint density at radius 3 is 2.82 bits per heavy atom. The Hall–Kier alpha value is -1.68. The lowest BCUT2D eigenvalue weighted by Gasteiger charge is -2.22. The van der Waals surface area contributed by atoms with Gasteiger partial charge in [0.25, 0.3) is 0 Å². The number of hydrogen-bond donors (Lipinski definition) is 1. The second-order valence-electron chi connectivity index (χ2n) is 3.86. The summed E-state index contributed by atoms with van der Waals surface area (Å²) < 4.78 is 0.842. The molecule has 0 saturated heterocycles. The number of nitrogens with one attached hydrogen (secondary N) is 1. The molecule has 0 saturated carbocycles. The van der Waals surface area contributed by atoms with Crippen molar-refractivity contribution in [1.82, 2.24) is 10.4 Å². The van der Waals surface area contributed by atoms with E-state index in [9.17, 15) is 0 Å². The third-order valence-corrected chi connectivity index (χ3v) is 3.27. The standard InChI is InChI=1S/C13H10BrN3/c14-12-6-5-10(7-15-12)13-11-4-2-1-3-9(11)8-16-17-13/h1-8,13,17H. The maximum atomic E-state index is 4.25. The zero-order valence-electron chi connectivity index (χ0n) is 8.97. The molecule has 0 fully saturated rings. The lowest BCUT2D eigenvalue weighted by Crippen LogP contribution is -2.22. The summed E-state index contributed by atoms with van der Waals surface area (Å²) in [5.41, 5.74) is 6.61. The minimum Gasteiger partial charge on any atom is -0.298 e. The monoisotopic (exact) mass is 287 g/mol. The van der Waals surface area contributed by atoms with E-state index >= 15 is 0 Å². The van der Waals surface area contributed by atoms with E-state index in [2.05, 4.69) is 43.6 Å². The van der Waals surface area contributed by atoms with E-state index in [0.717, 1.165) is 15.7 Å². The highest BCUT2D eigenvalue weighted by molar-refractivity contribution is 9.10. The molecule has 1 unspecified atom stereocenters. The molecule has 1 N–H and O–H groups in total. The molecule has 0 radical (unpaired) electrons. The first-order valence-electron chi connectivity index (χ1n) is 5.33. The number of fused-ring (bicyclic) bond motifs is 1. The summed E-state index contributed by atoms with van der Waals surface area (Å²) in [6.45, 7) is 0. The van der Waals surface area contributed by atoms with Crippen LogP contribution in [0.3, 0.4) is 0 Å². The van der Waals surface area contributed by atoms with Gasteiger partial charge in [-0.05, 0) is 33.1 Å². The van der Waals surface area contributed by atoms with Crippen LogP contribution in [0.2, 0.25) is 0 Å². The lowest BCUT2D eigenvalue weighted by atomic mass is 9.95. The van der Waals surface area contributed by atoms with Gasteiger partial charge >= 0.3 is 0 Å². The third-order valence-electron chi connectivity index (χ3n) is 2.80. The lowest BCUT2D eigenvalue weighted by molar-refractivity contribution is 0.629. The number of aromatic nitrogens is 1. The van der Waals surface area contributed by atoms with E-state index in [1.54, 1.807) is 0 Å². The second kappa shape index (κ2) is 4.30. The van der Waals surface area contributed by atoms with Crippen LogP contribution in [-0.2, 0) is 0 Å². The maximum absolute atomic E-state index is 4.25. The zero-order chi connectivity index (χ0) is 11.7. The smallest absolute Gasteiger partial charge is 0.106 e. The predicted molar refractivity (Wildman–Crippen MR) is 71.0 cm³/mol. The minimum atomic E-state index is 0.0804. The van der Waals surface area contributed by atoms with Crippen LogP contribution < -0.4 is 5.43 Å². The van der Waals surface area contributed by atoms with Gasteiger partial charge in [0, 0.05) is 11.8 Å². The summed E-state index contributed by atoms with van der Waals surface area (Å²) in [5.74, 6) is 0. The van der Waals surface area contributed by atoms with Crippen molar-refractivity contribution < 1.29 is 0 Å². The molecule has 2 heterocycles. The molecule has 3 rings (SSSR count). The minimum absolute atomic E-state index is 0.0804. The van der Waals surface area contributed by atoms with Crippen LogP contribution in [0.5, 0.6) is 0 Å². The summed E-state index contributed by atoms with van der Waals surface area (Å²) >= 11 is 3.34. The van der Waals surface area contributed by atoms with E-state index in [1.807, 2.05) is 36.7 Å². The van der Waals surface area contributed by atoms with Crippen molar-refractivity contribution in [2.75, 3.05) is 0 Å². The molecule has 1 aliphatic heterocycles. The normalized spacial score (nSPS) is 17.4. The first kappa shape index (κ1) is 10.5. The summed E-state index contributed by atoms with van der Waals surface area (Å²) in [5, 5.41) is 4.18. The zero-order valence-corrected chi connectivity index (χ0v) is 10.6. The Morgan fingerprint density at radius 2 is 2.00 bits per heavy atom. The van der Waals surface area contributed by atoms with Crippen molar-refractivity contribution in [3.63, 3.8) is 0 Å². The predicted octanol–water partition coefficient (Wildman–Crippen LogP) is 2.87. The van der Waals surface area contributed by atoms with E-state index in [0.29, 0.717) is 0 Å². The van der Waals surface area contributed by atoms with Gasteiger partial charge in [0.2, 0.25) is 0 Å². The Bertz CT molecular complexity index is 563.